The first-order chi connectivity index (χ1) is 13.5. The number of fused-ring (bicyclic) bond motifs is 1. The van der Waals surface area contributed by atoms with Crippen LogP contribution in [0.4, 0.5) is 8.78 Å². The quantitative estimate of drug-likeness (QED) is 0.807. The number of amides is 1. The van der Waals surface area contributed by atoms with Gasteiger partial charge in [-0.05, 0) is 23.8 Å². The van der Waals surface area contributed by atoms with Crippen molar-refractivity contribution in [3.63, 3.8) is 0 Å². The summed E-state index contributed by atoms with van der Waals surface area (Å²) in [6.07, 6.45) is 0.974. The normalized spacial score (nSPS) is 17.8. The minimum Gasteiger partial charge on any atom is -0.493 e. The molecule has 1 amide bonds. The van der Waals surface area contributed by atoms with E-state index in [1.54, 1.807) is 12.0 Å². The molecule has 0 radical (unpaired) electrons. The Labute approximate surface area is 161 Å². The van der Waals surface area contributed by atoms with Crippen molar-refractivity contribution < 1.29 is 27.8 Å². The summed E-state index contributed by atoms with van der Waals surface area (Å²) in [6.45, 7) is 1.31. The highest BCUT2D eigenvalue weighted by atomic mass is 19.1. The van der Waals surface area contributed by atoms with Crippen molar-refractivity contribution in [2.45, 2.75) is 31.7 Å². The van der Waals surface area contributed by atoms with E-state index in [-0.39, 0.29) is 12.3 Å². The number of hydrogen-bond donors (Lipinski definition) is 0. The summed E-state index contributed by atoms with van der Waals surface area (Å²) in [5.41, 5.74) is 1.25. The first kappa shape index (κ1) is 18.7. The van der Waals surface area contributed by atoms with Gasteiger partial charge in [0, 0.05) is 37.6 Å². The van der Waals surface area contributed by atoms with Crippen LogP contribution in [-0.2, 0) is 22.6 Å². The molecule has 1 saturated heterocycles. The van der Waals surface area contributed by atoms with Crippen LogP contribution in [0.3, 0.4) is 0 Å². The standard InChI is InChI=1S/C21H21F2NO4/c1-26-18-4-2-3-15-13-27-21(28-20(15)18)5-7-24(8-6-21)19(25)11-14-9-16(22)12-17(23)10-14/h2-4,9-10,12H,5-8,11,13H2,1H3. The van der Waals surface area contributed by atoms with E-state index < -0.39 is 17.4 Å². The second-order valence-electron chi connectivity index (χ2n) is 7.09. The van der Waals surface area contributed by atoms with Crippen LogP contribution >= 0.6 is 0 Å². The van der Waals surface area contributed by atoms with Crippen LogP contribution < -0.4 is 9.47 Å². The van der Waals surface area contributed by atoms with Crippen LogP contribution in [0.2, 0.25) is 0 Å². The predicted octanol–water partition coefficient (Wildman–Crippen LogP) is 3.44. The number of carbonyl (C=O) groups is 1. The molecule has 2 aromatic rings. The van der Waals surface area contributed by atoms with Crippen LogP contribution in [0.1, 0.15) is 24.0 Å². The number of carbonyl (C=O) groups excluding carboxylic acids is 1. The molecule has 2 aromatic carbocycles. The minimum absolute atomic E-state index is 0.0416. The van der Waals surface area contributed by atoms with E-state index >= 15 is 0 Å². The van der Waals surface area contributed by atoms with Crippen molar-refractivity contribution in [2.75, 3.05) is 20.2 Å². The fourth-order valence-corrected chi connectivity index (χ4v) is 3.72. The topological polar surface area (TPSA) is 48.0 Å². The van der Waals surface area contributed by atoms with Gasteiger partial charge < -0.3 is 19.1 Å². The number of methoxy groups -OCH3 is 1. The number of para-hydroxylation sites is 1. The third kappa shape index (κ3) is 3.67. The molecule has 0 atom stereocenters. The number of ether oxygens (including phenoxy) is 3. The largest absolute Gasteiger partial charge is 0.493 e. The van der Waals surface area contributed by atoms with Crippen LogP contribution in [0.15, 0.2) is 36.4 Å². The summed E-state index contributed by atoms with van der Waals surface area (Å²) in [5, 5.41) is 0. The molecule has 2 aliphatic rings. The molecule has 1 spiro atoms. The maximum atomic E-state index is 13.3. The summed E-state index contributed by atoms with van der Waals surface area (Å²) in [6, 6.07) is 8.82. The Balaban J connectivity index is 1.41. The number of piperidine rings is 1. The predicted molar refractivity (Wildman–Crippen MR) is 97.0 cm³/mol. The van der Waals surface area contributed by atoms with Gasteiger partial charge in [-0.3, -0.25) is 4.79 Å². The average Bonchev–Trinajstić information content (AvgIpc) is 2.67. The molecule has 5 nitrogen and oxygen atoms in total. The maximum absolute atomic E-state index is 13.3. The van der Waals surface area contributed by atoms with Crippen LogP contribution in [-0.4, -0.2) is 36.8 Å². The molecule has 1 fully saturated rings. The van der Waals surface area contributed by atoms with Crippen LogP contribution in [0.5, 0.6) is 11.5 Å². The number of hydrogen-bond acceptors (Lipinski definition) is 4. The summed E-state index contributed by atoms with van der Waals surface area (Å²) in [7, 11) is 1.59. The van der Waals surface area contributed by atoms with Crippen molar-refractivity contribution in [3.05, 3.63) is 59.2 Å². The highest BCUT2D eigenvalue weighted by molar-refractivity contribution is 5.78. The number of benzene rings is 2. The number of nitrogens with zero attached hydrogens (tertiary/aromatic N) is 1. The first-order valence-electron chi connectivity index (χ1n) is 9.20. The fourth-order valence-electron chi connectivity index (χ4n) is 3.72. The molecule has 2 aliphatic heterocycles. The monoisotopic (exact) mass is 389 g/mol. The molecule has 7 heteroatoms. The average molecular weight is 389 g/mol. The van der Waals surface area contributed by atoms with Gasteiger partial charge >= 0.3 is 0 Å². The molecule has 0 unspecified atom stereocenters. The van der Waals surface area contributed by atoms with Gasteiger partial charge in [-0.15, -0.1) is 0 Å². The molecule has 0 bridgehead atoms. The molecule has 0 aliphatic carbocycles. The summed E-state index contributed by atoms with van der Waals surface area (Å²) in [5.74, 6) is -0.982. The Morgan fingerprint density at radius 3 is 2.57 bits per heavy atom. The van der Waals surface area contributed by atoms with Crippen molar-refractivity contribution in [2.24, 2.45) is 0 Å². The van der Waals surface area contributed by atoms with Gasteiger partial charge in [-0.2, -0.15) is 0 Å². The highest BCUT2D eigenvalue weighted by Crippen LogP contribution is 2.42. The van der Waals surface area contributed by atoms with Gasteiger partial charge in [0.25, 0.3) is 0 Å². The maximum Gasteiger partial charge on any atom is 0.227 e. The Bertz CT molecular complexity index is 859. The fraction of sp³-hybridized carbons (Fsp3) is 0.381. The van der Waals surface area contributed by atoms with E-state index in [0.29, 0.717) is 49.6 Å². The number of likely N-dealkylation sites (tertiary alicyclic amines) is 1. The smallest absolute Gasteiger partial charge is 0.227 e. The molecule has 2 heterocycles. The highest BCUT2D eigenvalue weighted by Gasteiger charge is 2.42. The molecule has 0 saturated carbocycles. The van der Waals surface area contributed by atoms with E-state index in [9.17, 15) is 13.6 Å². The molecule has 28 heavy (non-hydrogen) atoms. The minimum atomic E-state index is -0.788. The Hall–Kier alpha value is -2.67. The van der Waals surface area contributed by atoms with Crippen molar-refractivity contribution in [3.8, 4) is 11.5 Å². The summed E-state index contributed by atoms with van der Waals surface area (Å²) >= 11 is 0. The summed E-state index contributed by atoms with van der Waals surface area (Å²) in [4.78, 5) is 14.2. The second-order valence-corrected chi connectivity index (χ2v) is 7.09. The molecule has 4 rings (SSSR count). The Morgan fingerprint density at radius 2 is 1.89 bits per heavy atom. The SMILES string of the molecule is COc1cccc2c1OC1(CCN(C(=O)Cc3cc(F)cc(F)c3)CC1)OC2. The van der Waals surface area contributed by atoms with Gasteiger partial charge in [0.15, 0.2) is 11.5 Å². The van der Waals surface area contributed by atoms with Gasteiger partial charge in [0.1, 0.15) is 11.6 Å². The van der Waals surface area contributed by atoms with Gasteiger partial charge in [-0.1, -0.05) is 12.1 Å². The first-order valence-corrected chi connectivity index (χ1v) is 9.20. The van der Waals surface area contributed by atoms with Crippen molar-refractivity contribution >= 4 is 5.91 Å². The zero-order valence-corrected chi connectivity index (χ0v) is 15.5. The number of rotatable bonds is 3. The number of halogens is 2. The summed E-state index contributed by atoms with van der Waals surface area (Å²) < 4.78 is 44.2. The van der Waals surface area contributed by atoms with E-state index in [2.05, 4.69) is 0 Å². The van der Waals surface area contributed by atoms with E-state index in [4.69, 9.17) is 14.2 Å². The van der Waals surface area contributed by atoms with E-state index in [0.717, 1.165) is 11.6 Å². The molecule has 148 valence electrons. The zero-order chi connectivity index (χ0) is 19.7. The molecule has 0 aromatic heterocycles. The van der Waals surface area contributed by atoms with Gasteiger partial charge in [-0.25, -0.2) is 8.78 Å². The van der Waals surface area contributed by atoms with E-state index in [1.807, 2.05) is 18.2 Å². The van der Waals surface area contributed by atoms with Gasteiger partial charge in [0.05, 0.1) is 20.1 Å². The molecule has 0 N–H and O–H groups in total. The van der Waals surface area contributed by atoms with Gasteiger partial charge in [0.2, 0.25) is 11.7 Å². The second kappa shape index (κ2) is 7.39. The Kier molecular flexibility index (Phi) is 4.93. The molecular weight excluding hydrogens is 368 g/mol. The lowest BCUT2D eigenvalue weighted by Gasteiger charge is -2.44. The van der Waals surface area contributed by atoms with Crippen LogP contribution in [0, 0.1) is 11.6 Å². The van der Waals surface area contributed by atoms with Crippen LogP contribution in [0.25, 0.3) is 0 Å². The third-order valence-electron chi connectivity index (χ3n) is 5.21. The van der Waals surface area contributed by atoms with Crippen molar-refractivity contribution in [1.29, 1.82) is 0 Å². The van der Waals surface area contributed by atoms with Crippen molar-refractivity contribution in [1.82, 2.24) is 4.90 Å². The third-order valence-corrected chi connectivity index (χ3v) is 5.21. The zero-order valence-electron chi connectivity index (χ0n) is 15.5. The lowest BCUT2D eigenvalue weighted by molar-refractivity contribution is -0.228. The molecular formula is C21H21F2NO4. The van der Waals surface area contributed by atoms with E-state index in [1.165, 1.54) is 12.1 Å². The lowest BCUT2D eigenvalue weighted by atomic mass is 10.00. The Morgan fingerprint density at radius 1 is 1.18 bits per heavy atom. The lowest BCUT2D eigenvalue weighted by Crippen LogP contribution is -2.52.